The Balaban J connectivity index is 1.85. The van der Waals surface area contributed by atoms with E-state index in [1.54, 1.807) is 44.2 Å². The molecule has 9 heteroatoms. The zero-order valence-corrected chi connectivity index (χ0v) is 14.8. The van der Waals surface area contributed by atoms with Gasteiger partial charge in [-0.1, -0.05) is 30.3 Å². The zero-order chi connectivity index (χ0) is 19.6. The molecule has 0 saturated carbocycles. The highest BCUT2D eigenvalue weighted by Gasteiger charge is 2.40. The number of nitrogens with zero attached hydrogens (tertiary/aromatic N) is 3. The van der Waals surface area contributed by atoms with Crippen LogP contribution >= 0.6 is 0 Å². The molecule has 0 aliphatic carbocycles. The van der Waals surface area contributed by atoms with Crippen LogP contribution in [0.1, 0.15) is 38.6 Å². The number of carbonyl (C=O) groups excluding carboxylic acids is 1. The van der Waals surface area contributed by atoms with Crippen LogP contribution < -0.4 is 5.32 Å². The topological polar surface area (TPSA) is 75.6 Å². The highest BCUT2D eigenvalue weighted by Crippen LogP contribution is 2.32. The van der Waals surface area contributed by atoms with Crippen LogP contribution in [0.15, 0.2) is 36.5 Å². The number of aryl methyl sites for hydroxylation is 2. The number of halogens is 3. The molecular weight excluding hydrogens is 359 g/mol. The fourth-order valence-electron chi connectivity index (χ4n) is 2.83. The second-order valence-electron chi connectivity index (χ2n) is 6.14. The lowest BCUT2D eigenvalue weighted by Gasteiger charge is -2.13. The second kappa shape index (κ2) is 7.26. The SMILES string of the molecule is Cc1n[nH]c(C)c1CNC(=O)c1cnn(Cc2ccccc2)c1C(F)(F)F. The number of aromatic nitrogens is 4. The van der Waals surface area contributed by atoms with E-state index in [0.29, 0.717) is 11.3 Å². The predicted octanol–water partition coefficient (Wildman–Crippen LogP) is 3.22. The van der Waals surface area contributed by atoms with Gasteiger partial charge in [0, 0.05) is 17.8 Å². The summed E-state index contributed by atoms with van der Waals surface area (Å²) in [6, 6.07) is 8.64. The molecule has 0 fully saturated rings. The standard InChI is InChI=1S/C18H18F3N5O/c1-11-14(12(2)25-24-11)8-22-17(27)15-9-23-26(16(15)18(19,20)21)10-13-6-4-3-5-7-13/h3-7,9H,8,10H2,1-2H3,(H,22,27)(H,24,25). The molecule has 0 bridgehead atoms. The van der Waals surface area contributed by atoms with E-state index >= 15 is 0 Å². The summed E-state index contributed by atoms with van der Waals surface area (Å²) in [6.45, 7) is 3.53. The monoisotopic (exact) mass is 377 g/mol. The quantitative estimate of drug-likeness (QED) is 0.717. The summed E-state index contributed by atoms with van der Waals surface area (Å²) in [5.74, 6) is -0.832. The van der Waals surface area contributed by atoms with Crippen molar-refractivity contribution in [1.29, 1.82) is 0 Å². The molecule has 1 aromatic carbocycles. The van der Waals surface area contributed by atoms with Gasteiger partial charge in [-0.2, -0.15) is 23.4 Å². The van der Waals surface area contributed by atoms with Gasteiger partial charge < -0.3 is 5.32 Å². The molecule has 0 atom stereocenters. The largest absolute Gasteiger partial charge is 0.433 e. The fraction of sp³-hybridized carbons (Fsp3) is 0.278. The Bertz CT molecular complexity index is 924. The molecule has 2 N–H and O–H groups in total. The maximum Gasteiger partial charge on any atom is 0.433 e. The number of hydrogen-bond acceptors (Lipinski definition) is 3. The van der Waals surface area contributed by atoms with Crippen molar-refractivity contribution in [2.45, 2.75) is 33.1 Å². The van der Waals surface area contributed by atoms with Crippen LogP contribution in [0.3, 0.4) is 0 Å². The van der Waals surface area contributed by atoms with Crippen molar-refractivity contribution >= 4 is 5.91 Å². The Morgan fingerprint density at radius 2 is 1.93 bits per heavy atom. The Morgan fingerprint density at radius 1 is 1.22 bits per heavy atom. The molecule has 0 saturated heterocycles. The molecule has 142 valence electrons. The number of H-pyrrole nitrogens is 1. The van der Waals surface area contributed by atoms with Gasteiger partial charge in [-0.25, -0.2) is 0 Å². The summed E-state index contributed by atoms with van der Waals surface area (Å²) in [6.07, 6.45) is -3.75. The van der Waals surface area contributed by atoms with Crippen LogP contribution in [-0.2, 0) is 19.3 Å². The van der Waals surface area contributed by atoms with Crippen LogP contribution in [0.5, 0.6) is 0 Å². The molecule has 3 aromatic rings. The van der Waals surface area contributed by atoms with E-state index in [2.05, 4.69) is 20.6 Å². The van der Waals surface area contributed by atoms with Crippen molar-refractivity contribution < 1.29 is 18.0 Å². The van der Waals surface area contributed by atoms with Gasteiger partial charge in [-0.3, -0.25) is 14.6 Å². The minimum Gasteiger partial charge on any atom is -0.348 e. The van der Waals surface area contributed by atoms with E-state index in [0.717, 1.165) is 22.1 Å². The third-order valence-corrected chi connectivity index (χ3v) is 4.23. The average Bonchev–Trinajstić information content (AvgIpc) is 3.17. The fourth-order valence-corrected chi connectivity index (χ4v) is 2.83. The molecule has 6 nitrogen and oxygen atoms in total. The molecule has 0 radical (unpaired) electrons. The molecule has 3 rings (SSSR count). The summed E-state index contributed by atoms with van der Waals surface area (Å²) < 4.78 is 41.6. The van der Waals surface area contributed by atoms with E-state index in [1.165, 1.54) is 0 Å². The van der Waals surface area contributed by atoms with Crippen molar-refractivity contribution in [3.05, 3.63) is 70.3 Å². The Labute approximate surface area is 153 Å². The molecule has 2 heterocycles. The van der Waals surface area contributed by atoms with Crippen molar-refractivity contribution in [3.63, 3.8) is 0 Å². The average molecular weight is 377 g/mol. The normalized spacial score (nSPS) is 11.6. The van der Waals surface area contributed by atoms with E-state index in [-0.39, 0.29) is 13.1 Å². The van der Waals surface area contributed by atoms with Crippen LogP contribution in [0.2, 0.25) is 0 Å². The van der Waals surface area contributed by atoms with Crippen LogP contribution in [0, 0.1) is 13.8 Å². The van der Waals surface area contributed by atoms with Gasteiger partial charge >= 0.3 is 6.18 Å². The molecule has 0 spiro atoms. The summed E-state index contributed by atoms with van der Waals surface area (Å²) in [5, 5.41) is 13.1. The van der Waals surface area contributed by atoms with Gasteiger partial charge in [-0.15, -0.1) is 0 Å². The lowest BCUT2D eigenvalue weighted by atomic mass is 10.1. The van der Waals surface area contributed by atoms with Crippen LogP contribution in [0.4, 0.5) is 13.2 Å². The Morgan fingerprint density at radius 3 is 2.52 bits per heavy atom. The summed E-state index contributed by atoms with van der Waals surface area (Å²) in [5.41, 5.74) is 1.27. The Hall–Kier alpha value is -3.10. The first-order valence-corrected chi connectivity index (χ1v) is 8.23. The number of rotatable bonds is 5. The number of benzene rings is 1. The highest BCUT2D eigenvalue weighted by atomic mass is 19.4. The van der Waals surface area contributed by atoms with Gasteiger partial charge in [-0.05, 0) is 19.4 Å². The molecule has 0 aliphatic heterocycles. The van der Waals surface area contributed by atoms with Crippen molar-refractivity contribution in [2.24, 2.45) is 0 Å². The first-order chi connectivity index (χ1) is 12.8. The van der Waals surface area contributed by atoms with Gasteiger partial charge in [0.05, 0.1) is 24.0 Å². The number of aromatic amines is 1. The molecule has 2 aromatic heterocycles. The van der Waals surface area contributed by atoms with Crippen molar-refractivity contribution in [2.75, 3.05) is 0 Å². The molecule has 1 amide bonds. The maximum atomic E-state index is 13.6. The van der Waals surface area contributed by atoms with E-state index in [9.17, 15) is 18.0 Å². The molecular formula is C18H18F3N5O. The third-order valence-electron chi connectivity index (χ3n) is 4.23. The smallest absolute Gasteiger partial charge is 0.348 e. The van der Waals surface area contributed by atoms with Gasteiger partial charge in [0.1, 0.15) is 0 Å². The predicted molar refractivity (Wildman–Crippen MR) is 92.0 cm³/mol. The van der Waals surface area contributed by atoms with E-state index in [4.69, 9.17) is 0 Å². The van der Waals surface area contributed by atoms with Gasteiger partial charge in [0.2, 0.25) is 0 Å². The lowest BCUT2D eigenvalue weighted by molar-refractivity contribution is -0.144. The number of alkyl halides is 3. The minimum atomic E-state index is -4.71. The second-order valence-corrected chi connectivity index (χ2v) is 6.14. The molecule has 27 heavy (non-hydrogen) atoms. The van der Waals surface area contributed by atoms with Crippen LogP contribution in [-0.4, -0.2) is 25.9 Å². The summed E-state index contributed by atoms with van der Waals surface area (Å²) in [7, 11) is 0. The van der Waals surface area contributed by atoms with E-state index in [1.807, 2.05) is 0 Å². The zero-order valence-electron chi connectivity index (χ0n) is 14.8. The van der Waals surface area contributed by atoms with Gasteiger partial charge in [0.15, 0.2) is 5.69 Å². The Kier molecular flexibility index (Phi) is 5.02. The van der Waals surface area contributed by atoms with Crippen molar-refractivity contribution in [3.8, 4) is 0 Å². The van der Waals surface area contributed by atoms with Gasteiger partial charge in [0.25, 0.3) is 5.91 Å². The minimum absolute atomic E-state index is 0.0775. The number of nitrogens with one attached hydrogen (secondary N) is 2. The first-order valence-electron chi connectivity index (χ1n) is 8.23. The summed E-state index contributed by atoms with van der Waals surface area (Å²) in [4.78, 5) is 12.4. The lowest BCUT2D eigenvalue weighted by Crippen LogP contribution is -2.27. The number of hydrogen-bond donors (Lipinski definition) is 2. The van der Waals surface area contributed by atoms with Crippen LogP contribution in [0.25, 0.3) is 0 Å². The number of amides is 1. The number of carbonyl (C=O) groups is 1. The maximum absolute atomic E-state index is 13.6. The molecule has 0 aliphatic rings. The van der Waals surface area contributed by atoms with Crippen molar-refractivity contribution in [1.82, 2.24) is 25.3 Å². The highest BCUT2D eigenvalue weighted by molar-refractivity contribution is 5.95. The summed E-state index contributed by atoms with van der Waals surface area (Å²) >= 11 is 0. The third kappa shape index (κ3) is 4.02. The van der Waals surface area contributed by atoms with E-state index < -0.39 is 23.3 Å². The molecule has 0 unspecified atom stereocenters. The first kappa shape index (κ1) is 18.7.